The summed E-state index contributed by atoms with van der Waals surface area (Å²) >= 11 is 0. The van der Waals surface area contributed by atoms with E-state index < -0.39 is 17.6 Å². The van der Waals surface area contributed by atoms with Crippen molar-refractivity contribution in [1.82, 2.24) is 9.97 Å². The number of carbonyl (C=O) groups excluding carboxylic acids is 1. The van der Waals surface area contributed by atoms with E-state index in [-0.39, 0.29) is 11.1 Å². The van der Waals surface area contributed by atoms with Gasteiger partial charge in [0.2, 0.25) is 0 Å². The van der Waals surface area contributed by atoms with Gasteiger partial charge in [0.1, 0.15) is 5.82 Å². The molecule has 0 unspecified atom stereocenters. The molecular formula is C19H14F3N3O2. The van der Waals surface area contributed by atoms with E-state index in [9.17, 15) is 22.8 Å². The third-order valence-corrected chi connectivity index (χ3v) is 3.72. The topological polar surface area (TPSA) is 74.8 Å². The van der Waals surface area contributed by atoms with Crippen LogP contribution in [0.5, 0.6) is 0 Å². The highest BCUT2D eigenvalue weighted by atomic mass is 19.4. The molecule has 2 aromatic carbocycles. The van der Waals surface area contributed by atoms with Crippen molar-refractivity contribution in [3.63, 3.8) is 0 Å². The molecule has 3 aromatic rings. The van der Waals surface area contributed by atoms with Crippen LogP contribution in [0.4, 0.5) is 18.9 Å². The summed E-state index contributed by atoms with van der Waals surface area (Å²) in [5, 5.41) is 2.55. The van der Waals surface area contributed by atoms with Gasteiger partial charge in [0.15, 0.2) is 0 Å². The van der Waals surface area contributed by atoms with E-state index in [1.165, 1.54) is 18.2 Å². The molecular weight excluding hydrogens is 359 g/mol. The Bertz CT molecular complexity index is 1060. The predicted molar refractivity (Wildman–Crippen MR) is 94.4 cm³/mol. The fourth-order valence-corrected chi connectivity index (χ4v) is 2.50. The Morgan fingerprint density at radius 1 is 1.07 bits per heavy atom. The summed E-state index contributed by atoms with van der Waals surface area (Å²) in [5.74, 6) is -0.348. The lowest BCUT2D eigenvalue weighted by atomic mass is 10.1. The molecule has 2 N–H and O–H groups in total. The van der Waals surface area contributed by atoms with Crippen molar-refractivity contribution in [2.24, 2.45) is 0 Å². The van der Waals surface area contributed by atoms with Gasteiger partial charge < -0.3 is 10.3 Å². The first kappa shape index (κ1) is 18.4. The molecule has 0 aliphatic rings. The number of hydrogen-bond donors (Lipinski definition) is 2. The number of nitrogens with one attached hydrogen (secondary N) is 2. The Hall–Kier alpha value is -3.42. The lowest BCUT2D eigenvalue weighted by Crippen LogP contribution is -2.14. The molecule has 0 fully saturated rings. The quantitative estimate of drug-likeness (QED) is 0.728. The summed E-state index contributed by atoms with van der Waals surface area (Å²) in [6.45, 7) is 1.68. The average molecular weight is 373 g/mol. The molecule has 3 rings (SSSR count). The van der Waals surface area contributed by atoms with Gasteiger partial charge in [-0.25, -0.2) is 4.98 Å². The van der Waals surface area contributed by atoms with Crippen LogP contribution in [0.25, 0.3) is 11.4 Å². The van der Waals surface area contributed by atoms with Crippen molar-refractivity contribution in [3.8, 4) is 11.4 Å². The number of H-pyrrole nitrogens is 1. The van der Waals surface area contributed by atoms with Crippen LogP contribution in [0.3, 0.4) is 0 Å². The number of aromatic amines is 1. The van der Waals surface area contributed by atoms with Crippen molar-refractivity contribution < 1.29 is 18.0 Å². The van der Waals surface area contributed by atoms with E-state index >= 15 is 0 Å². The molecule has 8 heteroatoms. The second-order valence-corrected chi connectivity index (χ2v) is 5.85. The number of aromatic nitrogens is 2. The van der Waals surface area contributed by atoms with Gasteiger partial charge in [-0.3, -0.25) is 9.59 Å². The van der Waals surface area contributed by atoms with Gasteiger partial charge in [-0.15, -0.1) is 0 Å². The Kier molecular flexibility index (Phi) is 4.81. The second kappa shape index (κ2) is 7.06. The maximum atomic E-state index is 12.8. The molecule has 1 aromatic heterocycles. The van der Waals surface area contributed by atoms with Gasteiger partial charge in [0, 0.05) is 28.6 Å². The summed E-state index contributed by atoms with van der Waals surface area (Å²) in [6.07, 6.45) is -4.53. The minimum Gasteiger partial charge on any atom is -0.322 e. The number of halogens is 3. The third kappa shape index (κ3) is 4.41. The summed E-state index contributed by atoms with van der Waals surface area (Å²) in [6, 6.07) is 12.0. The predicted octanol–water partition coefficient (Wildman–Crippen LogP) is 4.02. The van der Waals surface area contributed by atoms with Crippen molar-refractivity contribution in [3.05, 3.63) is 81.8 Å². The Balaban J connectivity index is 1.86. The van der Waals surface area contributed by atoms with Crippen LogP contribution in [-0.4, -0.2) is 15.9 Å². The first-order valence-corrected chi connectivity index (χ1v) is 7.89. The monoisotopic (exact) mass is 373 g/mol. The van der Waals surface area contributed by atoms with Gasteiger partial charge in [0.25, 0.3) is 11.5 Å². The second-order valence-electron chi connectivity index (χ2n) is 5.85. The van der Waals surface area contributed by atoms with Crippen LogP contribution >= 0.6 is 0 Å². The van der Waals surface area contributed by atoms with E-state index in [0.29, 0.717) is 22.8 Å². The van der Waals surface area contributed by atoms with Gasteiger partial charge in [-0.1, -0.05) is 18.2 Å². The first-order chi connectivity index (χ1) is 12.7. The van der Waals surface area contributed by atoms with Gasteiger partial charge >= 0.3 is 6.18 Å². The fraction of sp³-hybridized carbons (Fsp3) is 0.105. The third-order valence-electron chi connectivity index (χ3n) is 3.72. The number of nitrogens with zero attached hydrogens (tertiary/aromatic N) is 1. The van der Waals surface area contributed by atoms with E-state index in [0.717, 1.165) is 12.1 Å². The average Bonchev–Trinajstić information content (AvgIpc) is 2.60. The lowest BCUT2D eigenvalue weighted by molar-refractivity contribution is -0.137. The summed E-state index contributed by atoms with van der Waals surface area (Å²) in [5.41, 5.74) is 0.127. The zero-order chi connectivity index (χ0) is 19.6. The van der Waals surface area contributed by atoms with E-state index in [1.807, 2.05) is 0 Å². The fourth-order valence-electron chi connectivity index (χ4n) is 2.50. The zero-order valence-electron chi connectivity index (χ0n) is 14.1. The molecule has 0 spiro atoms. The summed E-state index contributed by atoms with van der Waals surface area (Å²) in [4.78, 5) is 30.7. The number of alkyl halides is 3. The van der Waals surface area contributed by atoms with Crippen molar-refractivity contribution in [2.75, 3.05) is 5.32 Å². The van der Waals surface area contributed by atoms with Crippen LogP contribution in [0.15, 0.2) is 59.4 Å². The molecule has 5 nitrogen and oxygen atoms in total. The molecule has 0 aliphatic heterocycles. The molecule has 0 saturated heterocycles. The van der Waals surface area contributed by atoms with Crippen molar-refractivity contribution >= 4 is 11.6 Å². The highest BCUT2D eigenvalue weighted by Gasteiger charge is 2.30. The molecule has 1 heterocycles. The van der Waals surface area contributed by atoms with Crippen molar-refractivity contribution in [2.45, 2.75) is 13.1 Å². The number of amides is 1. The molecule has 0 saturated carbocycles. The molecule has 0 atom stereocenters. The van der Waals surface area contributed by atoms with Crippen LogP contribution in [0.1, 0.15) is 21.6 Å². The Morgan fingerprint density at radius 2 is 1.81 bits per heavy atom. The number of benzene rings is 2. The molecule has 1 amide bonds. The summed E-state index contributed by atoms with van der Waals surface area (Å²) < 4.78 is 38.4. The van der Waals surface area contributed by atoms with E-state index in [1.54, 1.807) is 31.2 Å². The van der Waals surface area contributed by atoms with E-state index in [2.05, 4.69) is 15.3 Å². The largest absolute Gasteiger partial charge is 0.416 e. The first-order valence-electron chi connectivity index (χ1n) is 7.89. The minimum atomic E-state index is -4.53. The molecule has 0 bridgehead atoms. The maximum absolute atomic E-state index is 12.8. The molecule has 27 heavy (non-hydrogen) atoms. The Labute approximate surface area is 151 Å². The number of anilines is 1. The number of carbonyl (C=O) groups is 1. The minimum absolute atomic E-state index is 0.114. The molecule has 0 radical (unpaired) electrons. The van der Waals surface area contributed by atoms with Crippen molar-refractivity contribution in [1.29, 1.82) is 0 Å². The van der Waals surface area contributed by atoms with Crippen LogP contribution in [0, 0.1) is 6.92 Å². The highest BCUT2D eigenvalue weighted by Crippen LogP contribution is 2.29. The maximum Gasteiger partial charge on any atom is 0.416 e. The SMILES string of the molecule is Cc1cc(=O)[nH]c(-c2cccc(NC(=O)c3cccc(C(F)(F)F)c3)c2)n1. The van der Waals surface area contributed by atoms with Gasteiger partial charge in [-0.05, 0) is 37.3 Å². The zero-order valence-corrected chi connectivity index (χ0v) is 14.1. The number of rotatable bonds is 3. The standard InChI is InChI=1S/C19H14F3N3O2/c1-11-8-16(26)25-17(23-11)12-4-3-7-15(10-12)24-18(27)13-5-2-6-14(9-13)19(20,21)22/h2-10H,1H3,(H,24,27)(H,23,25,26). The number of hydrogen-bond acceptors (Lipinski definition) is 3. The van der Waals surface area contributed by atoms with Crippen LogP contribution < -0.4 is 10.9 Å². The van der Waals surface area contributed by atoms with Crippen LogP contribution in [0.2, 0.25) is 0 Å². The lowest BCUT2D eigenvalue weighted by Gasteiger charge is -2.10. The molecule has 138 valence electrons. The van der Waals surface area contributed by atoms with Gasteiger partial charge in [-0.2, -0.15) is 13.2 Å². The smallest absolute Gasteiger partial charge is 0.322 e. The van der Waals surface area contributed by atoms with Crippen LogP contribution in [-0.2, 0) is 6.18 Å². The van der Waals surface area contributed by atoms with E-state index in [4.69, 9.17) is 0 Å². The normalized spacial score (nSPS) is 11.3. The Morgan fingerprint density at radius 3 is 2.52 bits per heavy atom. The highest BCUT2D eigenvalue weighted by molar-refractivity contribution is 6.04. The number of aryl methyl sites for hydroxylation is 1. The molecule has 0 aliphatic carbocycles. The summed E-state index contributed by atoms with van der Waals surface area (Å²) in [7, 11) is 0. The van der Waals surface area contributed by atoms with Gasteiger partial charge in [0.05, 0.1) is 5.56 Å².